The third-order valence-corrected chi connectivity index (χ3v) is 5.40. The first kappa shape index (κ1) is 15.8. The molecule has 1 saturated heterocycles. The van der Waals surface area contributed by atoms with Crippen LogP contribution < -0.4 is 4.72 Å². The number of carboxylic acid groups (broad SMARTS) is 1. The lowest BCUT2D eigenvalue weighted by Crippen LogP contribution is -2.44. The highest BCUT2D eigenvalue weighted by atomic mass is 32.2. The minimum atomic E-state index is -3.61. The predicted molar refractivity (Wildman–Crippen MR) is 80.7 cm³/mol. The number of nitrogens with zero attached hydrogens (tertiary/aromatic N) is 1. The second-order valence-corrected chi connectivity index (χ2v) is 7.02. The Labute approximate surface area is 125 Å². The highest BCUT2D eigenvalue weighted by Crippen LogP contribution is 2.23. The van der Waals surface area contributed by atoms with Gasteiger partial charge in [-0.05, 0) is 50.5 Å². The van der Waals surface area contributed by atoms with Crippen LogP contribution in [0.15, 0.2) is 18.2 Å². The highest BCUT2D eigenvalue weighted by molar-refractivity contribution is 7.90. The fourth-order valence-electron chi connectivity index (χ4n) is 2.54. The van der Waals surface area contributed by atoms with Crippen LogP contribution in [0.4, 0.5) is 5.69 Å². The Morgan fingerprint density at radius 3 is 2.67 bits per heavy atom. The van der Waals surface area contributed by atoms with Crippen molar-refractivity contribution >= 4 is 21.9 Å². The maximum Gasteiger partial charge on any atom is 0.335 e. The van der Waals surface area contributed by atoms with Crippen molar-refractivity contribution in [2.24, 2.45) is 0 Å². The highest BCUT2D eigenvalue weighted by Gasteiger charge is 2.29. The summed E-state index contributed by atoms with van der Waals surface area (Å²) in [4.78, 5) is 10.9. The largest absolute Gasteiger partial charge is 0.478 e. The van der Waals surface area contributed by atoms with Crippen molar-refractivity contribution < 1.29 is 18.3 Å². The van der Waals surface area contributed by atoms with Crippen LogP contribution in [0.25, 0.3) is 0 Å². The molecule has 6 nitrogen and oxygen atoms in total. The van der Waals surface area contributed by atoms with Gasteiger partial charge in [-0.2, -0.15) is 12.7 Å². The molecule has 0 bridgehead atoms. The average Bonchev–Trinajstić information content (AvgIpc) is 2.41. The Kier molecular flexibility index (Phi) is 4.53. The van der Waals surface area contributed by atoms with Gasteiger partial charge in [0.1, 0.15) is 0 Å². The van der Waals surface area contributed by atoms with Crippen LogP contribution in [0.3, 0.4) is 0 Å². The summed E-state index contributed by atoms with van der Waals surface area (Å²) in [5, 5.41) is 8.92. The van der Waals surface area contributed by atoms with Gasteiger partial charge in [0.25, 0.3) is 0 Å². The van der Waals surface area contributed by atoms with E-state index < -0.39 is 16.2 Å². The predicted octanol–water partition coefficient (Wildman–Crippen LogP) is 2.22. The number of benzene rings is 1. The second-order valence-electron chi connectivity index (χ2n) is 5.40. The quantitative estimate of drug-likeness (QED) is 0.892. The zero-order valence-electron chi connectivity index (χ0n) is 12.2. The van der Waals surface area contributed by atoms with E-state index in [-0.39, 0.29) is 11.6 Å². The van der Waals surface area contributed by atoms with Crippen molar-refractivity contribution in [3.05, 3.63) is 29.3 Å². The molecule has 1 unspecified atom stereocenters. The molecule has 21 heavy (non-hydrogen) atoms. The van der Waals surface area contributed by atoms with Crippen molar-refractivity contribution in [2.75, 3.05) is 11.3 Å². The molecule has 1 aliphatic heterocycles. The summed E-state index contributed by atoms with van der Waals surface area (Å²) in [5.74, 6) is -1.03. The summed E-state index contributed by atoms with van der Waals surface area (Å²) in [7, 11) is -3.61. The van der Waals surface area contributed by atoms with Crippen molar-refractivity contribution in [3.8, 4) is 0 Å². The van der Waals surface area contributed by atoms with Gasteiger partial charge in [0.2, 0.25) is 0 Å². The van der Waals surface area contributed by atoms with Gasteiger partial charge in [0, 0.05) is 12.6 Å². The lowest BCUT2D eigenvalue weighted by Gasteiger charge is -2.32. The smallest absolute Gasteiger partial charge is 0.335 e. The minimum absolute atomic E-state index is 0.0187. The number of carbonyl (C=O) groups is 1. The molecule has 0 aliphatic carbocycles. The summed E-state index contributed by atoms with van der Waals surface area (Å²) >= 11 is 0. The Bertz CT molecular complexity index is 642. The van der Waals surface area contributed by atoms with E-state index in [9.17, 15) is 13.2 Å². The molecule has 1 fully saturated rings. The molecule has 0 amide bonds. The average molecular weight is 312 g/mol. The van der Waals surface area contributed by atoms with Crippen molar-refractivity contribution in [2.45, 2.75) is 39.2 Å². The van der Waals surface area contributed by atoms with Gasteiger partial charge < -0.3 is 5.11 Å². The third-order valence-electron chi connectivity index (χ3n) is 3.76. The molecular formula is C14H20N2O4S. The Morgan fingerprint density at radius 1 is 1.38 bits per heavy atom. The van der Waals surface area contributed by atoms with Crippen molar-refractivity contribution in [3.63, 3.8) is 0 Å². The van der Waals surface area contributed by atoms with E-state index in [0.717, 1.165) is 19.3 Å². The van der Waals surface area contributed by atoms with E-state index in [1.54, 1.807) is 6.92 Å². The molecule has 116 valence electrons. The topological polar surface area (TPSA) is 86.7 Å². The molecule has 2 rings (SSSR count). The van der Waals surface area contributed by atoms with Gasteiger partial charge in [-0.25, -0.2) is 4.79 Å². The first-order chi connectivity index (χ1) is 9.81. The summed E-state index contributed by atoms with van der Waals surface area (Å²) < 4.78 is 28.9. The molecule has 1 heterocycles. The minimum Gasteiger partial charge on any atom is -0.478 e. The summed E-state index contributed by atoms with van der Waals surface area (Å²) in [5.41, 5.74) is 1.14. The molecule has 2 N–H and O–H groups in total. The van der Waals surface area contributed by atoms with Gasteiger partial charge in [0.05, 0.1) is 11.3 Å². The van der Waals surface area contributed by atoms with Gasteiger partial charge in [-0.15, -0.1) is 0 Å². The standard InChI is InChI=1S/C14H20N2O4S/c1-10-9-12(14(17)18)6-7-13(10)15-21(19,20)16-8-4-3-5-11(16)2/h6-7,9,11,15H,3-5,8H2,1-2H3,(H,17,18). The number of rotatable bonds is 4. The number of piperidine rings is 1. The van der Waals surface area contributed by atoms with Crippen LogP contribution in [0.5, 0.6) is 0 Å². The normalized spacial score (nSPS) is 20.2. The summed E-state index contributed by atoms with van der Waals surface area (Å²) in [6.45, 7) is 4.10. The summed E-state index contributed by atoms with van der Waals surface area (Å²) in [6, 6.07) is 4.33. The number of nitrogens with one attached hydrogen (secondary N) is 1. The molecule has 1 atom stereocenters. The number of carboxylic acids is 1. The molecule has 0 radical (unpaired) electrons. The summed E-state index contributed by atoms with van der Waals surface area (Å²) in [6.07, 6.45) is 2.76. The first-order valence-corrected chi connectivity index (χ1v) is 8.39. The Balaban J connectivity index is 2.22. The Hall–Kier alpha value is -1.60. The third kappa shape index (κ3) is 3.54. The number of aryl methyl sites for hydroxylation is 1. The zero-order chi connectivity index (χ0) is 15.6. The molecular weight excluding hydrogens is 292 g/mol. The Morgan fingerprint density at radius 2 is 2.10 bits per heavy atom. The second kappa shape index (κ2) is 6.03. The van der Waals surface area contributed by atoms with Crippen molar-refractivity contribution in [1.82, 2.24) is 4.31 Å². The number of hydrogen-bond donors (Lipinski definition) is 2. The van der Waals surface area contributed by atoms with E-state index >= 15 is 0 Å². The van der Waals surface area contributed by atoms with E-state index in [4.69, 9.17) is 5.11 Å². The molecule has 0 saturated carbocycles. The van der Waals surface area contributed by atoms with Crippen LogP contribution in [0.1, 0.15) is 42.1 Å². The van der Waals surface area contributed by atoms with Gasteiger partial charge in [0.15, 0.2) is 0 Å². The van der Waals surface area contributed by atoms with Crippen LogP contribution in [0, 0.1) is 6.92 Å². The fourth-order valence-corrected chi connectivity index (χ4v) is 4.11. The number of aromatic carboxylic acids is 1. The fraction of sp³-hybridized carbons (Fsp3) is 0.500. The monoisotopic (exact) mass is 312 g/mol. The van der Waals surface area contributed by atoms with Crippen molar-refractivity contribution in [1.29, 1.82) is 0 Å². The van der Waals surface area contributed by atoms with Crippen LogP contribution in [-0.2, 0) is 10.2 Å². The molecule has 1 aromatic carbocycles. The van der Waals surface area contributed by atoms with E-state index in [2.05, 4.69) is 4.72 Å². The number of anilines is 1. The lowest BCUT2D eigenvalue weighted by atomic mass is 10.1. The van der Waals surface area contributed by atoms with Crippen LogP contribution >= 0.6 is 0 Å². The maximum atomic E-state index is 12.4. The van der Waals surface area contributed by atoms with E-state index in [1.807, 2.05) is 6.92 Å². The molecule has 7 heteroatoms. The molecule has 1 aromatic rings. The van der Waals surface area contributed by atoms with Gasteiger partial charge in [-0.1, -0.05) is 6.42 Å². The van der Waals surface area contributed by atoms with E-state index in [1.165, 1.54) is 22.5 Å². The number of hydrogen-bond acceptors (Lipinski definition) is 3. The van der Waals surface area contributed by atoms with Crippen LogP contribution in [0.2, 0.25) is 0 Å². The van der Waals surface area contributed by atoms with Gasteiger partial charge >= 0.3 is 16.2 Å². The first-order valence-electron chi connectivity index (χ1n) is 6.95. The lowest BCUT2D eigenvalue weighted by molar-refractivity contribution is 0.0697. The maximum absolute atomic E-state index is 12.4. The van der Waals surface area contributed by atoms with Crippen LogP contribution in [-0.4, -0.2) is 36.4 Å². The molecule has 1 aliphatic rings. The SMILES string of the molecule is Cc1cc(C(=O)O)ccc1NS(=O)(=O)N1CCCCC1C. The zero-order valence-corrected chi connectivity index (χ0v) is 13.0. The van der Waals surface area contributed by atoms with Gasteiger partial charge in [-0.3, -0.25) is 4.72 Å². The van der Waals surface area contributed by atoms with E-state index in [0.29, 0.717) is 17.8 Å². The molecule has 0 aromatic heterocycles. The molecule has 0 spiro atoms.